The Bertz CT molecular complexity index is 1450. The zero-order valence-electron chi connectivity index (χ0n) is 19.5. The molecule has 4 aromatic rings. The first-order chi connectivity index (χ1) is 16.6. The quantitative estimate of drug-likeness (QED) is 0.340. The average molecular weight is 498 g/mol. The van der Waals surface area contributed by atoms with Gasteiger partial charge in [-0.25, -0.2) is 27.5 Å². The van der Waals surface area contributed by atoms with Gasteiger partial charge in [-0.15, -0.1) is 0 Å². The van der Waals surface area contributed by atoms with Crippen molar-refractivity contribution in [3.63, 3.8) is 0 Å². The number of nitrogens with one attached hydrogen (secondary N) is 2. The van der Waals surface area contributed by atoms with Crippen molar-refractivity contribution < 1.29 is 22.1 Å². The summed E-state index contributed by atoms with van der Waals surface area (Å²) < 4.78 is 52.3. The van der Waals surface area contributed by atoms with Gasteiger partial charge in [-0.05, 0) is 70.2 Å². The fourth-order valence-corrected chi connectivity index (χ4v) is 4.21. The van der Waals surface area contributed by atoms with Gasteiger partial charge >= 0.3 is 0 Å². The van der Waals surface area contributed by atoms with Crippen molar-refractivity contribution in [2.45, 2.75) is 38.7 Å². The summed E-state index contributed by atoms with van der Waals surface area (Å²) in [6.07, 6.45) is 1.42. The minimum Gasteiger partial charge on any atom is -0.490 e. The third-order valence-corrected chi connectivity index (χ3v) is 6.39. The summed E-state index contributed by atoms with van der Waals surface area (Å²) in [7, 11) is -3.86. The molecule has 182 valence electrons. The smallest absolute Gasteiger partial charge is 0.264 e. The van der Waals surface area contributed by atoms with E-state index in [-0.39, 0.29) is 22.8 Å². The van der Waals surface area contributed by atoms with Crippen molar-refractivity contribution in [1.82, 2.24) is 15.1 Å². The molecule has 2 heterocycles. The van der Waals surface area contributed by atoms with Gasteiger partial charge in [0.25, 0.3) is 10.0 Å². The van der Waals surface area contributed by atoms with Gasteiger partial charge in [-0.1, -0.05) is 5.16 Å². The van der Waals surface area contributed by atoms with Crippen LogP contribution in [0.3, 0.4) is 0 Å². The predicted octanol–water partition coefficient (Wildman–Crippen LogP) is 5.22. The lowest BCUT2D eigenvalue weighted by Gasteiger charge is -2.14. The van der Waals surface area contributed by atoms with E-state index in [0.29, 0.717) is 34.0 Å². The van der Waals surface area contributed by atoms with Crippen LogP contribution in [0.1, 0.15) is 25.1 Å². The largest absolute Gasteiger partial charge is 0.490 e. The highest BCUT2D eigenvalue weighted by Gasteiger charge is 2.19. The molecule has 0 radical (unpaired) electrons. The van der Waals surface area contributed by atoms with E-state index in [1.54, 1.807) is 44.3 Å². The van der Waals surface area contributed by atoms with Crippen LogP contribution in [0.2, 0.25) is 0 Å². The molecule has 2 aromatic heterocycles. The molecule has 9 nitrogen and oxygen atoms in total. The lowest BCUT2D eigenvalue weighted by molar-refractivity contribution is 0.242. The van der Waals surface area contributed by atoms with Crippen LogP contribution >= 0.6 is 0 Å². The molecule has 0 amide bonds. The van der Waals surface area contributed by atoms with Gasteiger partial charge in [-0.2, -0.15) is 0 Å². The Morgan fingerprint density at radius 2 is 1.80 bits per heavy atom. The monoisotopic (exact) mass is 497 g/mol. The fraction of sp³-hybridized carbons (Fsp3) is 0.208. The SMILES string of the molecule is Cc1noc(NS(=O)(=O)c2ccc(Nc3nccc(-c4ccc(F)cc4OC(C)C)n3)cc2)c1C. The molecule has 0 saturated heterocycles. The van der Waals surface area contributed by atoms with Gasteiger partial charge in [0.1, 0.15) is 11.6 Å². The number of hydrogen-bond acceptors (Lipinski definition) is 8. The fourth-order valence-electron chi connectivity index (χ4n) is 3.17. The van der Waals surface area contributed by atoms with E-state index in [2.05, 4.69) is 25.2 Å². The van der Waals surface area contributed by atoms with Crippen LogP contribution in [0.15, 0.2) is 64.1 Å². The molecular formula is C24H24FN5O4S. The molecule has 2 aromatic carbocycles. The van der Waals surface area contributed by atoms with Crippen molar-refractivity contribution in [2.75, 3.05) is 10.0 Å². The molecular weight excluding hydrogens is 473 g/mol. The molecule has 0 aliphatic carbocycles. The highest BCUT2D eigenvalue weighted by atomic mass is 32.2. The maximum Gasteiger partial charge on any atom is 0.264 e. The first-order valence-corrected chi connectivity index (χ1v) is 12.2. The molecule has 35 heavy (non-hydrogen) atoms. The number of aryl methyl sites for hydroxylation is 1. The third-order valence-electron chi connectivity index (χ3n) is 5.04. The zero-order chi connectivity index (χ0) is 25.2. The van der Waals surface area contributed by atoms with Gasteiger partial charge in [-0.3, -0.25) is 0 Å². The molecule has 2 N–H and O–H groups in total. The van der Waals surface area contributed by atoms with E-state index in [1.807, 2.05) is 13.8 Å². The molecule has 11 heteroatoms. The summed E-state index contributed by atoms with van der Waals surface area (Å²) >= 11 is 0. The first-order valence-electron chi connectivity index (χ1n) is 10.7. The maximum atomic E-state index is 13.8. The lowest BCUT2D eigenvalue weighted by atomic mass is 10.1. The summed E-state index contributed by atoms with van der Waals surface area (Å²) in [5.41, 5.74) is 2.96. The summed E-state index contributed by atoms with van der Waals surface area (Å²) in [6.45, 7) is 7.15. The van der Waals surface area contributed by atoms with Crippen LogP contribution in [-0.2, 0) is 10.0 Å². The van der Waals surface area contributed by atoms with Gasteiger partial charge in [0.2, 0.25) is 11.8 Å². The third kappa shape index (κ3) is 5.57. The van der Waals surface area contributed by atoms with Crippen LogP contribution in [0.5, 0.6) is 5.75 Å². The van der Waals surface area contributed by atoms with Crippen LogP contribution in [0.25, 0.3) is 11.3 Å². The number of rotatable bonds is 8. The Hall–Kier alpha value is -3.99. The van der Waals surface area contributed by atoms with Gasteiger partial charge in [0.15, 0.2) is 0 Å². The van der Waals surface area contributed by atoms with Crippen molar-refractivity contribution >= 4 is 27.5 Å². The second kappa shape index (κ2) is 9.71. The van der Waals surface area contributed by atoms with E-state index in [9.17, 15) is 12.8 Å². The van der Waals surface area contributed by atoms with E-state index < -0.39 is 15.8 Å². The number of aromatic nitrogens is 3. The van der Waals surface area contributed by atoms with Crippen LogP contribution < -0.4 is 14.8 Å². The minimum absolute atomic E-state index is 0.0490. The van der Waals surface area contributed by atoms with E-state index in [1.165, 1.54) is 24.3 Å². The number of hydrogen-bond donors (Lipinski definition) is 2. The number of ether oxygens (including phenoxy) is 1. The van der Waals surface area contributed by atoms with Crippen LogP contribution in [-0.4, -0.2) is 29.6 Å². The van der Waals surface area contributed by atoms with Gasteiger partial charge in [0.05, 0.1) is 22.4 Å². The number of halogens is 1. The number of anilines is 3. The standard InChI is InChI=1S/C24H24FN5O4S/c1-14(2)33-22-13-17(25)5-10-20(22)21-11-12-26-24(28-21)27-18-6-8-19(9-7-18)35(31,32)30-23-15(3)16(4)29-34-23/h5-14,30H,1-4H3,(H,26,27,28). The van der Waals surface area contributed by atoms with Crippen molar-refractivity contribution in [2.24, 2.45) is 0 Å². The molecule has 0 aliphatic rings. The zero-order valence-corrected chi connectivity index (χ0v) is 20.4. The highest BCUT2D eigenvalue weighted by molar-refractivity contribution is 7.92. The van der Waals surface area contributed by atoms with E-state index in [4.69, 9.17) is 9.26 Å². The molecule has 0 aliphatic heterocycles. The molecule has 0 saturated carbocycles. The van der Waals surface area contributed by atoms with E-state index in [0.717, 1.165) is 0 Å². The molecule has 0 bridgehead atoms. The summed E-state index contributed by atoms with van der Waals surface area (Å²) in [6, 6.07) is 12.0. The summed E-state index contributed by atoms with van der Waals surface area (Å²) in [5, 5.41) is 6.80. The van der Waals surface area contributed by atoms with Crippen molar-refractivity contribution in [1.29, 1.82) is 0 Å². The number of nitrogens with zero attached hydrogens (tertiary/aromatic N) is 3. The average Bonchev–Trinajstić information content (AvgIpc) is 3.11. The maximum absolute atomic E-state index is 13.8. The molecule has 4 rings (SSSR count). The molecule has 0 unspecified atom stereocenters. The number of sulfonamides is 1. The molecule has 0 atom stereocenters. The van der Waals surface area contributed by atoms with Crippen molar-refractivity contribution in [3.05, 3.63) is 71.8 Å². The van der Waals surface area contributed by atoms with Crippen LogP contribution in [0, 0.1) is 19.7 Å². The first kappa shape index (κ1) is 24.1. The lowest BCUT2D eigenvalue weighted by Crippen LogP contribution is -2.13. The Morgan fingerprint density at radius 1 is 1.06 bits per heavy atom. The van der Waals surface area contributed by atoms with Gasteiger partial charge in [0, 0.05) is 29.1 Å². The topological polar surface area (TPSA) is 119 Å². The van der Waals surface area contributed by atoms with Crippen molar-refractivity contribution in [3.8, 4) is 17.0 Å². The Kier molecular flexibility index (Phi) is 6.70. The second-order valence-electron chi connectivity index (χ2n) is 8.05. The van der Waals surface area contributed by atoms with E-state index >= 15 is 0 Å². The molecule has 0 fully saturated rings. The van der Waals surface area contributed by atoms with Crippen LogP contribution in [0.4, 0.5) is 21.9 Å². The Labute approximate surface area is 202 Å². The highest BCUT2D eigenvalue weighted by Crippen LogP contribution is 2.31. The van der Waals surface area contributed by atoms with Gasteiger partial charge < -0.3 is 14.6 Å². The Balaban J connectivity index is 1.53. The number of benzene rings is 2. The summed E-state index contributed by atoms with van der Waals surface area (Å²) in [4.78, 5) is 8.77. The Morgan fingerprint density at radius 3 is 2.46 bits per heavy atom. The normalized spacial score (nSPS) is 11.5. The minimum atomic E-state index is -3.86. The predicted molar refractivity (Wildman–Crippen MR) is 130 cm³/mol. The molecule has 0 spiro atoms. The second-order valence-corrected chi connectivity index (χ2v) is 9.73. The summed E-state index contributed by atoms with van der Waals surface area (Å²) in [5.74, 6) is 0.333.